The zero-order valence-corrected chi connectivity index (χ0v) is 12.4. The molecule has 0 saturated carbocycles. The number of hydrogen-bond acceptors (Lipinski definition) is 1. The first-order valence-corrected chi connectivity index (χ1v) is 7.75. The van der Waals surface area contributed by atoms with Crippen LogP contribution in [0.2, 0.25) is 0 Å². The predicted molar refractivity (Wildman–Crippen MR) is 86.6 cm³/mol. The van der Waals surface area contributed by atoms with Gasteiger partial charge in [0.25, 0.3) is 0 Å². The molecule has 21 heavy (non-hydrogen) atoms. The quantitative estimate of drug-likeness (QED) is 0.888. The van der Waals surface area contributed by atoms with Crippen molar-refractivity contribution >= 4 is 11.6 Å². The van der Waals surface area contributed by atoms with Gasteiger partial charge in [0.2, 0.25) is 5.91 Å². The van der Waals surface area contributed by atoms with Crippen LogP contribution in [0.4, 0.5) is 5.69 Å². The molecule has 1 atom stereocenters. The van der Waals surface area contributed by atoms with Crippen LogP contribution in [0, 0.1) is 0 Å². The third kappa shape index (κ3) is 2.99. The largest absolute Gasteiger partial charge is 0.326 e. The fourth-order valence-electron chi connectivity index (χ4n) is 3.14. The van der Waals surface area contributed by atoms with Gasteiger partial charge in [0.15, 0.2) is 0 Å². The van der Waals surface area contributed by atoms with Crippen molar-refractivity contribution in [1.29, 1.82) is 0 Å². The van der Waals surface area contributed by atoms with Crippen molar-refractivity contribution in [3.63, 3.8) is 0 Å². The second-order valence-corrected chi connectivity index (χ2v) is 5.70. The van der Waals surface area contributed by atoms with E-state index in [1.165, 1.54) is 24.0 Å². The average molecular weight is 279 g/mol. The number of carbonyl (C=O) groups excluding carboxylic acids is 1. The standard InChI is InChI=1S/C19H21NO/c1-2-18(15-7-4-3-5-8-15)19(21)20-17-12-11-14-9-6-10-16(14)13-17/h3-5,7-8,11-13,18H,2,6,9-10H2,1H3,(H,20,21). The van der Waals surface area contributed by atoms with Crippen LogP contribution >= 0.6 is 0 Å². The second-order valence-electron chi connectivity index (χ2n) is 5.70. The Morgan fingerprint density at radius 3 is 2.62 bits per heavy atom. The van der Waals surface area contributed by atoms with Gasteiger partial charge in [0.1, 0.15) is 0 Å². The number of anilines is 1. The number of carbonyl (C=O) groups is 1. The molecule has 2 nitrogen and oxygen atoms in total. The van der Waals surface area contributed by atoms with E-state index in [1.807, 2.05) is 36.4 Å². The van der Waals surface area contributed by atoms with Gasteiger partial charge in [-0.05, 0) is 54.5 Å². The van der Waals surface area contributed by atoms with Crippen LogP contribution in [-0.2, 0) is 17.6 Å². The monoisotopic (exact) mass is 279 g/mol. The second kappa shape index (κ2) is 6.13. The first kappa shape index (κ1) is 13.9. The smallest absolute Gasteiger partial charge is 0.231 e. The van der Waals surface area contributed by atoms with Crippen LogP contribution in [-0.4, -0.2) is 5.91 Å². The summed E-state index contributed by atoms with van der Waals surface area (Å²) in [7, 11) is 0. The highest BCUT2D eigenvalue weighted by molar-refractivity contribution is 5.95. The summed E-state index contributed by atoms with van der Waals surface area (Å²) in [6.07, 6.45) is 4.34. The van der Waals surface area contributed by atoms with Crippen molar-refractivity contribution in [2.45, 2.75) is 38.5 Å². The van der Waals surface area contributed by atoms with Crippen LogP contribution < -0.4 is 5.32 Å². The van der Waals surface area contributed by atoms with Gasteiger partial charge in [0.05, 0.1) is 5.92 Å². The van der Waals surface area contributed by atoms with Crippen molar-refractivity contribution in [1.82, 2.24) is 0 Å². The average Bonchev–Trinajstić information content (AvgIpc) is 2.96. The lowest BCUT2D eigenvalue weighted by molar-refractivity contribution is -0.117. The topological polar surface area (TPSA) is 29.1 Å². The first-order valence-electron chi connectivity index (χ1n) is 7.75. The molecule has 0 saturated heterocycles. The first-order chi connectivity index (χ1) is 10.3. The van der Waals surface area contributed by atoms with Crippen LogP contribution in [0.1, 0.15) is 42.4 Å². The Kier molecular flexibility index (Phi) is 4.05. The lowest BCUT2D eigenvalue weighted by atomic mass is 9.95. The van der Waals surface area contributed by atoms with Gasteiger partial charge in [-0.1, -0.05) is 43.3 Å². The van der Waals surface area contributed by atoms with Gasteiger partial charge in [0, 0.05) is 5.69 Å². The minimum atomic E-state index is -0.0838. The molecule has 0 heterocycles. The van der Waals surface area contributed by atoms with E-state index in [9.17, 15) is 4.79 Å². The highest BCUT2D eigenvalue weighted by Gasteiger charge is 2.19. The van der Waals surface area contributed by atoms with E-state index in [1.54, 1.807) is 0 Å². The fourth-order valence-corrected chi connectivity index (χ4v) is 3.14. The number of amides is 1. The Labute approximate surface area is 126 Å². The van der Waals surface area contributed by atoms with Crippen LogP contribution in [0.3, 0.4) is 0 Å². The molecule has 0 bridgehead atoms. The van der Waals surface area contributed by atoms with E-state index in [0.29, 0.717) is 0 Å². The minimum Gasteiger partial charge on any atom is -0.326 e. The van der Waals surface area contributed by atoms with Gasteiger partial charge in [-0.3, -0.25) is 4.79 Å². The van der Waals surface area contributed by atoms with E-state index in [-0.39, 0.29) is 11.8 Å². The summed E-state index contributed by atoms with van der Waals surface area (Å²) >= 11 is 0. The number of nitrogens with one attached hydrogen (secondary N) is 1. The van der Waals surface area contributed by atoms with Crippen LogP contribution in [0.5, 0.6) is 0 Å². The number of fused-ring (bicyclic) bond motifs is 1. The SMILES string of the molecule is CCC(C(=O)Nc1ccc2c(c1)CCC2)c1ccccc1. The molecule has 1 aliphatic rings. The van der Waals surface area contributed by atoms with Crippen molar-refractivity contribution < 1.29 is 4.79 Å². The van der Waals surface area contributed by atoms with Crippen LogP contribution in [0.15, 0.2) is 48.5 Å². The molecule has 2 heteroatoms. The van der Waals surface area contributed by atoms with Gasteiger partial charge in [-0.2, -0.15) is 0 Å². The van der Waals surface area contributed by atoms with Crippen LogP contribution in [0.25, 0.3) is 0 Å². The molecule has 2 aromatic rings. The molecule has 1 unspecified atom stereocenters. The maximum Gasteiger partial charge on any atom is 0.231 e. The molecule has 0 aromatic heterocycles. The van der Waals surface area contributed by atoms with E-state index in [2.05, 4.69) is 24.4 Å². The summed E-state index contributed by atoms with van der Waals surface area (Å²) in [6, 6.07) is 16.3. The molecule has 1 aliphatic carbocycles. The summed E-state index contributed by atoms with van der Waals surface area (Å²) in [5.74, 6) is 0.00102. The zero-order chi connectivity index (χ0) is 14.7. The molecule has 3 rings (SSSR count). The summed E-state index contributed by atoms with van der Waals surface area (Å²) in [6.45, 7) is 2.06. The van der Waals surface area contributed by atoms with E-state index in [4.69, 9.17) is 0 Å². The Hall–Kier alpha value is -2.09. The van der Waals surface area contributed by atoms with Gasteiger partial charge in [-0.15, -0.1) is 0 Å². The summed E-state index contributed by atoms with van der Waals surface area (Å²) in [4.78, 5) is 12.5. The Bertz CT molecular complexity index is 633. The molecule has 0 fully saturated rings. The third-order valence-corrected chi connectivity index (χ3v) is 4.29. The van der Waals surface area contributed by atoms with E-state index >= 15 is 0 Å². The number of hydrogen-bond donors (Lipinski definition) is 1. The molecular formula is C19H21NO. The van der Waals surface area contributed by atoms with Gasteiger partial charge >= 0.3 is 0 Å². The number of rotatable bonds is 4. The molecular weight excluding hydrogens is 258 g/mol. The maximum atomic E-state index is 12.5. The van der Waals surface area contributed by atoms with E-state index in [0.717, 1.165) is 24.1 Å². The third-order valence-electron chi connectivity index (χ3n) is 4.29. The lowest BCUT2D eigenvalue weighted by Gasteiger charge is -2.16. The minimum absolute atomic E-state index is 0.0838. The highest BCUT2D eigenvalue weighted by atomic mass is 16.1. The molecule has 0 spiro atoms. The number of aryl methyl sites for hydroxylation is 2. The summed E-state index contributed by atoms with van der Waals surface area (Å²) in [5, 5.41) is 3.08. The normalized spacial score (nSPS) is 14.5. The number of benzene rings is 2. The van der Waals surface area contributed by atoms with E-state index < -0.39 is 0 Å². The molecule has 0 aliphatic heterocycles. The van der Waals surface area contributed by atoms with Crippen molar-refractivity contribution in [3.05, 3.63) is 65.2 Å². The fraction of sp³-hybridized carbons (Fsp3) is 0.316. The predicted octanol–water partition coefficient (Wildman–Crippen LogP) is 4.31. The maximum absolute atomic E-state index is 12.5. The van der Waals surface area contributed by atoms with Gasteiger partial charge < -0.3 is 5.32 Å². The molecule has 0 radical (unpaired) electrons. The molecule has 1 N–H and O–H groups in total. The van der Waals surface area contributed by atoms with Crippen molar-refractivity contribution in [2.24, 2.45) is 0 Å². The molecule has 2 aromatic carbocycles. The molecule has 1 amide bonds. The Morgan fingerprint density at radius 1 is 1.10 bits per heavy atom. The van der Waals surface area contributed by atoms with Crippen molar-refractivity contribution in [3.8, 4) is 0 Å². The van der Waals surface area contributed by atoms with Gasteiger partial charge in [-0.25, -0.2) is 0 Å². The Morgan fingerprint density at radius 2 is 1.86 bits per heavy atom. The molecule has 108 valence electrons. The highest BCUT2D eigenvalue weighted by Crippen LogP contribution is 2.26. The van der Waals surface area contributed by atoms with Crippen molar-refractivity contribution in [2.75, 3.05) is 5.32 Å². The lowest BCUT2D eigenvalue weighted by Crippen LogP contribution is -2.20. The zero-order valence-electron chi connectivity index (χ0n) is 12.4. The Balaban J connectivity index is 1.76. The summed E-state index contributed by atoms with van der Waals surface area (Å²) in [5.41, 5.74) is 4.83. The summed E-state index contributed by atoms with van der Waals surface area (Å²) < 4.78 is 0.